The fourth-order valence-corrected chi connectivity index (χ4v) is 4.94. The van der Waals surface area contributed by atoms with Crippen LogP contribution in [0.5, 0.6) is 11.5 Å². The molecule has 0 aromatic heterocycles. The number of hydrogen-bond donors (Lipinski definition) is 0. The van der Waals surface area contributed by atoms with Crippen LogP contribution in [0.1, 0.15) is 10.4 Å². The Morgan fingerprint density at radius 2 is 1.55 bits per heavy atom. The molecule has 4 rings (SSSR count). The van der Waals surface area contributed by atoms with Gasteiger partial charge in [0.1, 0.15) is 19.0 Å². The van der Waals surface area contributed by atoms with Crippen molar-refractivity contribution in [2.75, 3.05) is 39.4 Å². The van der Waals surface area contributed by atoms with Gasteiger partial charge >= 0.3 is 0 Å². The second-order valence-electron chi connectivity index (χ2n) is 6.63. The van der Waals surface area contributed by atoms with Gasteiger partial charge in [-0.2, -0.15) is 4.31 Å². The number of benzene rings is 2. The van der Waals surface area contributed by atoms with E-state index in [4.69, 9.17) is 21.1 Å². The molecule has 2 aliphatic rings. The van der Waals surface area contributed by atoms with Crippen molar-refractivity contribution >= 4 is 27.5 Å². The molecule has 7 nitrogen and oxygen atoms in total. The molecule has 10 heteroatoms. The lowest BCUT2D eigenvalue weighted by molar-refractivity contribution is 0.0697. The highest BCUT2D eigenvalue weighted by atomic mass is 35.5. The third kappa shape index (κ3) is 3.90. The smallest absolute Gasteiger partial charge is 0.255 e. The molecule has 2 aliphatic heterocycles. The molecule has 0 atom stereocenters. The number of hydrogen-bond acceptors (Lipinski definition) is 5. The zero-order valence-corrected chi connectivity index (χ0v) is 16.9. The van der Waals surface area contributed by atoms with E-state index < -0.39 is 15.8 Å². The minimum absolute atomic E-state index is 0.0218. The van der Waals surface area contributed by atoms with Crippen LogP contribution < -0.4 is 9.47 Å². The number of carbonyl (C=O) groups is 1. The van der Waals surface area contributed by atoms with Gasteiger partial charge in [-0.05, 0) is 30.3 Å². The van der Waals surface area contributed by atoms with Gasteiger partial charge in [0.2, 0.25) is 10.0 Å². The lowest BCUT2D eigenvalue weighted by Crippen LogP contribution is -2.50. The minimum atomic E-state index is -3.75. The van der Waals surface area contributed by atoms with Crippen molar-refractivity contribution in [2.24, 2.45) is 0 Å². The van der Waals surface area contributed by atoms with Gasteiger partial charge in [0, 0.05) is 32.2 Å². The van der Waals surface area contributed by atoms with E-state index in [-0.39, 0.29) is 47.6 Å². The molecule has 0 unspecified atom stereocenters. The summed E-state index contributed by atoms with van der Waals surface area (Å²) in [5.74, 6) is 0.149. The van der Waals surface area contributed by atoms with Gasteiger partial charge in [0.05, 0.1) is 15.5 Å². The quantitative estimate of drug-likeness (QED) is 0.732. The summed E-state index contributed by atoms with van der Waals surface area (Å²) >= 11 is 6.25. The van der Waals surface area contributed by atoms with Crippen molar-refractivity contribution in [1.29, 1.82) is 0 Å². The number of sulfonamides is 1. The maximum atomic E-state index is 13.1. The summed E-state index contributed by atoms with van der Waals surface area (Å²) in [4.78, 5) is 14.5. The SMILES string of the molecule is O=C(c1cc2c(cc1Cl)OCCO2)N1CCN(S(=O)(=O)c2ccc(F)cc2)CC1. The fourth-order valence-electron chi connectivity index (χ4n) is 3.29. The molecule has 1 fully saturated rings. The number of piperazine rings is 1. The second kappa shape index (κ2) is 7.81. The Morgan fingerprint density at radius 1 is 0.966 bits per heavy atom. The Morgan fingerprint density at radius 3 is 2.17 bits per heavy atom. The predicted octanol–water partition coefficient (Wildman–Crippen LogP) is 2.40. The first-order valence-electron chi connectivity index (χ1n) is 9.00. The third-order valence-corrected chi connectivity index (χ3v) is 7.07. The van der Waals surface area contributed by atoms with Crippen molar-refractivity contribution in [2.45, 2.75) is 4.90 Å². The zero-order chi connectivity index (χ0) is 20.6. The molecule has 1 amide bonds. The van der Waals surface area contributed by atoms with Crippen molar-refractivity contribution in [3.63, 3.8) is 0 Å². The van der Waals surface area contributed by atoms with Crippen LogP contribution in [0.3, 0.4) is 0 Å². The van der Waals surface area contributed by atoms with Crippen LogP contribution in [-0.2, 0) is 10.0 Å². The Kier molecular flexibility index (Phi) is 5.37. The minimum Gasteiger partial charge on any atom is -0.486 e. The van der Waals surface area contributed by atoms with E-state index in [1.807, 2.05) is 0 Å². The molecule has 2 aromatic rings. The number of fused-ring (bicyclic) bond motifs is 1. The van der Waals surface area contributed by atoms with E-state index in [1.165, 1.54) is 16.4 Å². The standard InChI is InChI=1S/C19H18ClFN2O5S/c20-16-12-18-17(27-9-10-28-18)11-15(16)19(24)22-5-7-23(8-6-22)29(25,26)14-3-1-13(21)2-4-14/h1-4,11-12H,5-10H2. The van der Waals surface area contributed by atoms with E-state index >= 15 is 0 Å². The summed E-state index contributed by atoms with van der Waals surface area (Å²) in [5, 5.41) is 0.251. The van der Waals surface area contributed by atoms with E-state index in [1.54, 1.807) is 17.0 Å². The highest BCUT2D eigenvalue weighted by molar-refractivity contribution is 7.89. The van der Waals surface area contributed by atoms with Gasteiger partial charge in [0.25, 0.3) is 5.91 Å². The maximum Gasteiger partial charge on any atom is 0.255 e. The van der Waals surface area contributed by atoms with Crippen LogP contribution in [0.15, 0.2) is 41.3 Å². The summed E-state index contributed by atoms with van der Waals surface area (Å²) in [6, 6.07) is 7.79. The predicted molar refractivity (Wildman–Crippen MR) is 104 cm³/mol. The highest BCUT2D eigenvalue weighted by Crippen LogP contribution is 2.36. The number of ether oxygens (including phenoxy) is 2. The molecule has 0 aliphatic carbocycles. The lowest BCUT2D eigenvalue weighted by Gasteiger charge is -2.34. The van der Waals surface area contributed by atoms with Gasteiger partial charge in [-0.15, -0.1) is 0 Å². The number of carbonyl (C=O) groups excluding carboxylic acids is 1. The number of nitrogens with zero attached hydrogens (tertiary/aromatic N) is 2. The molecule has 0 saturated carbocycles. The van der Waals surface area contributed by atoms with Crippen molar-refractivity contribution in [3.05, 3.63) is 52.8 Å². The van der Waals surface area contributed by atoms with Gasteiger partial charge in [-0.3, -0.25) is 4.79 Å². The molecule has 2 heterocycles. The summed E-state index contributed by atoms with van der Waals surface area (Å²) in [7, 11) is -3.75. The highest BCUT2D eigenvalue weighted by Gasteiger charge is 2.31. The van der Waals surface area contributed by atoms with Crippen LogP contribution in [0.4, 0.5) is 4.39 Å². The van der Waals surface area contributed by atoms with Gasteiger partial charge in [-0.1, -0.05) is 11.6 Å². The first-order chi connectivity index (χ1) is 13.9. The van der Waals surface area contributed by atoms with E-state index in [0.29, 0.717) is 24.7 Å². The lowest BCUT2D eigenvalue weighted by atomic mass is 10.1. The molecular weight excluding hydrogens is 423 g/mol. The Bertz CT molecular complexity index is 1040. The molecule has 1 saturated heterocycles. The largest absolute Gasteiger partial charge is 0.486 e. The Hall–Kier alpha value is -2.36. The average molecular weight is 441 g/mol. The van der Waals surface area contributed by atoms with Gasteiger partial charge in [-0.25, -0.2) is 12.8 Å². The van der Waals surface area contributed by atoms with Crippen LogP contribution in [0, 0.1) is 5.82 Å². The molecule has 0 N–H and O–H groups in total. The number of rotatable bonds is 3. The number of halogens is 2. The summed E-state index contributed by atoms with van der Waals surface area (Å²) in [6.07, 6.45) is 0. The van der Waals surface area contributed by atoms with Crippen molar-refractivity contribution in [3.8, 4) is 11.5 Å². The summed E-state index contributed by atoms with van der Waals surface area (Å²) < 4.78 is 50.7. The topological polar surface area (TPSA) is 76.2 Å². The average Bonchev–Trinajstić information content (AvgIpc) is 2.73. The zero-order valence-electron chi connectivity index (χ0n) is 15.3. The molecule has 0 bridgehead atoms. The van der Waals surface area contributed by atoms with E-state index in [0.717, 1.165) is 12.1 Å². The molecule has 0 spiro atoms. The van der Waals surface area contributed by atoms with Crippen LogP contribution >= 0.6 is 11.6 Å². The molecule has 29 heavy (non-hydrogen) atoms. The normalized spacial score (nSPS) is 17.2. The van der Waals surface area contributed by atoms with Crippen LogP contribution in [-0.4, -0.2) is 62.9 Å². The van der Waals surface area contributed by atoms with Crippen LogP contribution in [0.25, 0.3) is 0 Å². The van der Waals surface area contributed by atoms with E-state index in [2.05, 4.69) is 0 Å². The Balaban J connectivity index is 1.47. The van der Waals surface area contributed by atoms with Crippen LogP contribution in [0.2, 0.25) is 5.02 Å². The Labute approximate surface area is 172 Å². The first kappa shape index (κ1) is 19.9. The fraction of sp³-hybridized carbons (Fsp3) is 0.316. The van der Waals surface area contributed by atoms with E-state index in [9.17, 15) is 17.6 Å². The van der Waals surface area contributed by atoms with Crippen molar-refractivity contribution < 1.29 is 27.1 Å². The summed E-state index contributed by atoms with van der Waals surface area (Å²) in [6.45, 7) is 1.50. The second-order valence-corrected chi connectivity index (χ2v) is 8.97. The molecule has 2 aromatic carbocycles. The molecular formula is C19H18ClFN2O5S. The monoisotopic (exact) mass is 440 g/mol. The number of amides is 1. The van der Waals surface area contributed by atoms with Gasteiger partial charge in [0.15, 0.2) is 11.5 Å². The first-order valence-corrected chi connectivity index (χ1v) is 10.8. The third-order valence-electron chi connectivity index (χ3n) is 4.84. The van der Waals surface area contributed by atoms with Crippen molar-refractivity contribution in [1.82, 2.24) is 9.21 Å². The maximum absolute atomic E-state index is 13.1. The van der Waals surface area contributed by atoms with Gasteiger partial charge < -0.3 is 14.4 Å². The molecule has 154 valence electrons. The molecule has 0 radical (unpaired) electrons. The summed E-state index contributed by atoms with van der Waals surface area (Å²) in [5.41, 5.74) is 0.283.